The molecule has 0 radical (unpaired) electrons. The Morgan fingerprint density at radius 2 is 1.68 bits per heavy atom. The lowest BCUT2D eigenvalue weighted by Crippen LogP contribution is -2.45. The molecular formula is C18H14F2N4O2S2. The minimum atomic E-state index is -0.780. The highest BCUT2D eigenvalue weighted by Gasteiger charge is 2.07. The Bertz CT molecular complexity index is 1130. The van der Waals surface area contributed by atoms with Crippen molar-refractivity contribution in [2.45, 2.75) is 6.92 Å². The molecule has 3 aromatic rings. The average molecular weight is 420 g/mol. The molecule has 0 atom stereocenters. The van der Waals surface area contributed by atoms with E-state index in [0.717, 1.165) is 23.1 Å². The molecular weight excluding hydrogens is 406 g/mol. The van der Waals surface area contributed by atoms with Crippen molar-refractivity contribution in [3.8, 4) is 0 Å². The van der Waals surface area contributed by atoms with Crippen molar-refractivity contribution in [2.24, 2.45) is 0 Å². The zero-order valence-corrected chi connectivity index (χ0v) is 16.1. The van der Waals surface area contributed by atoms with Crippen LogP contribution in [0.3, 0.4) is 0 Å². The molecule has 0 saturated carbocycles. The molecule has 2 aromatic carbocycles. The van der Waals surface area contributed by atoms with Gasteiger partial charge in [0.25, 0.3) is 0 Å². The molecule has 0 aliphatic rings. The van der Waals surface area contributed by atoms with Gasteiger partial charge < -0.3 is 15.1 Å². The Morgan fingerprint density at radius 3 is 2.39 bits per heavy atom. The van der Waals surface area contributed by atoms with E-state index in [0.29, 0.717) is 11.3 Å². The number of hydrogen-bond acceptors (Lipinski definition) is 4. The number of fused-ring (bicyclic) bond motifs is 1. The van der Waals surface area contributed by atoms with Crippen molar-refractivity contribution in [3.63, 3.8) is 0 Å². The van der Waals surface area contributed by atoms with E-state index in [1.165, 1.54) is 12.1 Å². The Hall–Kier alpha value is -3.11. The molecule has 0 saturated heterocycles. The van der Waals surface area contributed by atoms with Crippen molar-refractivity contribution in [2.75, 3.05) is 10.6 Å². The van der Waals surface area contributed by atoms with Gasteiger partial charge in [-0.1, -0.05) is 0 Å². The van der Waals surface area contributed by atoms with Crippen LogP contribution in [-0.2, 0) is 0 Å². The van der Waals surface area contributed by atoms with E-state index in [2.05, 4.69) is 21.5 Å². The second-order valence-electron chi connectivity index (χ2n) is 5.74. The van der Waals surface area contributed by atoms with Crippen LogP contribution >= 0.6 is 24.4 Å². The molecule has 0 bridgehead atoms. The van der Waals surface area contributed by atoms with Crippen LogP contribution in [-0.4, -0.2) is 10.2 Å². The van der Waals surface area contributed by atoms with E-state index < -0.39 is 17.3 Å². The third kappa shape index (κ3) is 4.78. The second kappa shape index (κ2) is 8.28. The first-order chi connectivity index (χ1) is 13.3. The fourth-order valence-corrected chi connectivity index (χ4v) is 2.75. The van der Waals surface area contributed by atoms with Gasteiger partial charge in [0.15, 0.2) is 10.2 Å². The van der Waals surface area contributed by atoms with Gasteiger partial charge in [-0.05, 0) is 61.2 Å². The predicted octanol–water partition coefficient (Wildman–Crippen LogP) is 3.57. The van der Waals surface area contributed by atoms with E-state index in [-0.39, 0.29) is 15.9 Å². The van der Waals surface area contributed by atoms with Gasteiger partial charge in [0.05, 0.1) is 5.69 Å². The van der Waals surface area contributed by atoms with E-state index in [9.17, 15) is 13.6 Å². The topological polar surface area (TPSA) is 78.3 Å². The van der Waals surface area contributed by atoms with Crippen LogP contribution in [0.2, 0.25) is 0 Å². The number of aryl methyl sites for hydroxylation is 1. The van der Waals surface area contributed by atoms with Crippen LogP contribution in [0.1, 0.15) is 5.56 Å². The first-order valence-electron chi connectivity index (χ1n) is 7.95. The Morgan fingerprint density at radius 1 is 0.964 bits per heavy atom. The first kappa shape index (κ1) is 19.6. The number of thiocarbonyl (C=S) groups is 2. The summed E-state index contributed by atoms with van der Waals surface area (Å²) in [6, 6.07) is 9.70. The molecule has 0 fully saturated rings. The lowest BCUT2D eigenvalue weighted by molar-refractivity contribution is 0.560. The van der Waals surface area contributed by atoms with E-state index in [4.69, 9.17) is 28.9 Å². The molecule has 6 nitrogen and oxygen atoms in total. The normalized spacial score (nSPS) is 10.4. The van der Waals surface area contributed by atoms with Crippen molar-refractivity contribution in [1.82, 2.24) is 10.9 Å². The van der Waals surface area contributed by atoms with Crippen LogP contribution in [0.4, 0.5) is 20.2 Å². The third-order valence-corrected chi connectivity index (χ3v) is 4.09. The van der Waals surface area contributed by atoms with Gasteiger partial charge in [0.1, 0.15) is 17.2 Å². The van der Waals surface area contributed by atoms with Gasteiger partial charge in [0, 0.05) is 29.3 Å². The Kier molecular flexibility index (Phi) is 5.81. The maximum absolute atomic E-state index is 13.6. The van der Waals surface area contributed by atoms with Gasteiger partial charge in [-0.15, -0.1) is 0 Å². The largest absolute Gasteiger partial charge is 0.423 e. The summed E-state index contributed by atoms with van der Waals surface area (Å²) in [5, 5.41) is 6.47. The van der Waals surface area contributed by atoms with Gasteiger partial charge in [0.2, 0.25) is 0 Å². The molecule has 0 aliphatic carbocycles. The summed E-state index contributed by atoms with van der Waals surface area (Å²) < 4.78 is 31.7. The molecule has 28 heavy (non-hydrogen) atoms. The Balaban J connectivity index is 1.59. The standard InChI is InChI=1S/C18H14F2N4O2S2/c1-9-6-16(25)26-15-8-11(3-4-12(9)15)21-17(27)23-24-18(28)22-14-5-2-10(19)7-13(14)20/h2-8H,1H3,(H2,21,23,27)(H2,22,24,28). The molecule has 4 N–H and O–H groups in total. The summed E-state index contributed by atoms with van der Waals surface area (Å²) in [4.78, 5) is 11.5. The lowest BCUT2D eigenvalue weighted by atomic mass is 10.1. The molecule has 1 aromatic heterocycles. The molecule has 0 aliphatic heterocycles. The van der Waals surface area contributed by atoms with E-state index >= 15 is 0 Å². The number of rotatable bonds is 2. The fraction of sp³-hybridized carbons (Fsp3) is 0.0556. The van der Waals surface area contributed by atoms with Gasteiger partial charge >= 0.3 is 5.63 Å². The SMILES string of the molecule is Cc1cc(=O)oc2cc(NC(=S)NNC(=S)Nc3ccc(F)cc3F)ccc12. The summed E-state index contributed by atoms with van der Waals surface area (Å²) in [5.41, 5.74) is 6.61. The summed E-state index contributed by atoms with van der Waals surface area (Å²) >= 11 is 10.2. The third-order valence-electron chi connectivity index (χ3n) is 3.68. The number of nitrogens with one attached hydrogen (secondary N) is 4. The zero-order valence-electron chi connectivity index (χ0n) is 14.4. The second-order valence-corrected chi connectivity index (χ2v) is 6.56. The molecule has 10 heteroatoms. The molecule has 3 rings (SSSR count). The highest BCUT2D eigenvalue weighted by molar-refractivity contribution is 7.81. The Labute approximate surface area is 168 Å². The van der Waals surface area contributed by atoms with Crippen LogP contribution in [0, 0.1) is 18.6 Å². The highest BCUT2D eigenvalue weighted by Crippen LogP contribution is 2.20. The van der Waals surface area contributed by atoms with Gasteiger partial charge in [-0.3, -0.25) is 10.9 Å². The molecule has 1 heterocycles. The summed E-state index contributed by atoms with van der Waals surface area (Å²) in [6.45, 7) is 1.82. The van der Waals surface area contributed by atoms with Crippen LogP contribution in [0.25, 0.3) is 11.0 Å². The first-order valence-corrected chi connectivity index (χ1v) is 8.77. The summed E-state index contributed by atoms with van der Waals surface area (Å²) in [5.74, 6) is -1.47. The van der Waals surface area contributed by atoms with E-state index in [1.54, 1.807) is 18.2 Å². The number of anilines is 2. The smallest absolute Gasteiger partial charge is 0.336 e. The van der Waals surface area contributed by atoms with Crippen LogP contribution in [0.15, 0.2) is 51.7 Å². The van der Waals surface area contributed by atoms with Crippen LogP contribution < -0.4 is 27.1 Å². The van der Waals surface area contributed by atoms with Crippen molar-refractivity contribution in [1.29, 1.82) is 0 Å². The highest BCUT2D eigenvalue weighted by atomic mass is 32.1. The minimum absolute atomic E-state index is 0.0134. The number of benzene rings is 2. The average Bonchev–Trinajstić information content (AvgIpc) is 2.62. The van der Waals surface area contributed by atoms with Crippen LogP contribution in [0.5, 0.6) is 0 Å². The number of hydrogen-bond donors (Lipinski definition) is 4. The van der Waals surface area contributed by atoms with Gasteiger partial charge in [-0.2, -0.15) is 0 Å². The minimum Gasteiger partial charge on any atom is -0.423 e. The molecule has 144 valence electrons. The lowest BCUT2D eigenvalue weighted by Gasteiger charge is -2.15. The quantitative estimate of drug-likeness (QED) is 0.285. The molecule has 0 unspecified atom stereocenters. The van der Waals surface area contributed by atoms with Gasteiger partial charge in [-0.25, -0.2) is 13.6 Å². The zero-order chi connectivity index (χ0) is 20.3. The van der Waals surface area contributed by atoms with E-state index in [1.807, 2.05) is 6.92 Å². The van der Waals surface area contributed by atoms with Crippen molar-refractivity contribution in [3.05, 3.63) is 70.1 Å². The predicted molar refractivity (Wildman–Crippen MR) is 112 cm³/mol. The molecule has 0 amide bonds. The van der Waals surface area contributed by atoms with Crippen molar-refractivity contribution >= 4 is 57.0 Å². The maximum Gasteiger partial charge on any atom is 0.336 e. The monoisotopic (exact) mass is 420 g/mol. The molecule has 0 spiro atoms. The van der Waals surface area contributed by atoms with Crippen molar-refractivity contribution < 1.29 is 13.2 Å². The number of hydrazine groups is 1. The summed E-state index contributed by atoms with van der Waals surface area (Å²) in [6.07, 6.45) is 0. The number of halogens is 2. The maximum atomic E-state index is 13.6. The fourth-order valence-electron chi connectivity index (χ4n) is 2.42. The summed E-state index contributed by atoms with van der Waals surface area (Å²) in [7, 11) is 0.